The van der Waals surface area contributed by atoms with Crippen LogP contribution < -0.4 is 4.74 Å². The molecule has 148 valence electrons. The van der Waals surface area contributed by atoms with Crippen LogP contribution in [0.15, 0.2) is 54.6 Å². The highest BCUT2D eigenvalue weighted by Crippen LogP contribution is 2.26. The zero-order valence-electron chi connectivity index (χ0n) is 16.2. The lowest BCUT2D eigenvalue weighted by Crippen LogP contribution is -2.34. The highest BCUT2D eigenvalue weighted by molar-refractivity contribution is 5.87. The Hall–Kier alpha value is -2.79. The number of rotatable bonds is 7. The molecule has 0 aromatic heterocycles. The molecule has 1 aliphatic heterocycles. The number of hydrogen-bond acceptors (Lipinski definition) is 5. The van der Waals surface area contributed by atoms with Crippen molar-refractivity contribution in [1.82, 2.24) is 4.90 Å². The Bertz CT molecular complexity index is 796. The second kappa shape index (κ2) is 9.95. The van der Waals surface area contributed by atoms with Gasteiger partial charge in [-0.05, 0) is 61.2 Å². The molecule has 0 atom stereocenters. The normalized spacial score (nSPS) is 15.6. The van der Waals surface area contributed by atoms with Crippen molar-refractivity contribution in [3.8, 4) is 11.5 Å². The summed E-state index contributed by atoms with van der Waals surface area (Å²) in [6.07, 6.45) is 5.15. The van der Waals surface area contributed by atoms with E-state index in [1.54, 1.807) is 18.2 Å². The Morgan fingerprint density at radius 1 is 1.18 bits per heavy atom. The number of methoxy groups -OCH3 is 1. The van der Waals surface area contributed by atoms with Gasteiger partial charge in [-0.15, -0.1) is 0 Å². The van der Waals surface area contributed by atoms with Gasteiger partial charge in [-0.2, -0.15) is 0 Å². The van der Waals surface area contributed by atoms with E-state index in [0.29, 0.717) is 18.3 Å². The Morgan fingerprint density at radius 3 is 2.64 bits per heavy atom. The number of phenolic OH excluding ortho intramolecular Hbond substituents is 1. The van der Waals surface area contributed by atoms with Gasteiger partial charge in [0.15, 0.2) is 11.5 Å². The van der Waals surface area contributed by atoms with E-state index in [2.05, 4.69) is 29.2 Å². The van der Waals surface area contributed by atoms with Crippen LogP contribution in [0.3, 0.4) is 0 Å². The van der Waals surface area contributed by atoms with Crippen molar-refractivity contribution in [3.63, 3.8) is 0 Å². The topological polar surface area (TPSA) is 59.0 Å². The van der Waals surface area contributed by atoms with E-state index >= 15 is 0 Å². The summed E-state index contributed by atoms with van der Waals surface area (Å²) in [5.74, 6) is 0.510. The monoisotopic (exact) mass is 381 g/mol. The minimum absolute atomic E-state index is 0.0702. The summed E-state index contributed by atoms with van der Waals surface area (Å²) < 4.78 is 10.5. The van der Waals surface area contributed by atoms with Crippen molar-refractivity contribution < 1.29 is 19.4 Å². The van der Waals surface area contributed by atoms with E-state index in [1.165, 1.54) is 24.8 Å². The highest BCUT2D eigenvalue weighted by atomic mass is 16.5. The summed E-state index contributed by atoms with van der Waals surface area (Å²) in [5, 5.41) is 9.60. The summed E-state index contributed by atoms with van der Waals surface area (Å²) in [5.41, 5.74) is 2.10. The van der Waals surface area contributed by atoms with Crippen molar-refractivity contribution in [2.24, 2.45) is 5.92 Å². The van der Waals surface area contributed by atoms with Crippen LogP contribution in [0.25, 0.3) is 6.08 Å². The predicted molar refractivity (Wildman–Crippen MR) is 109 cm³/mol. The lowest BCUT2D eigenvalue weighted by atomic mass is 9.97. The molecule has 2 aromatic carbocycles. The van der Waals surface area contributed by atoms with Crippen molar-refractivity contribution in [3.05, 3.63) is 65.7 Å². The van der Waals surface area contributed by atoms with E-state index < -0.39 is 0 Å². The number of esters is 1. The van der Waals surface area contributed by atoms with Crippen LogP contribution in [0.2, 0.25) is 0 Å². The first-order valence-corrected chi connectivity index (χ1v) is 9.62. The van der Waals surface area contributed by atoms with Crippen LogP contribution in [0.1, 0.15) is 24.0 Å². The summed E-state index contributed by atoms with van der Waals surface area (Å²) in [4.78, 5) is 14.4. The first kappa shape index (κ1) is 20.0. The van der Waals surface area contributed by atoms with Crippen LogP contribution >= 0.6 is 0 Å². The lowest BCUT2D eigenvalue weighted by molar-refractivity contribution is -0.139. The SMILES string of the molecule is COc1cc(C=CC(=O)OCC2CCN(Cc3ccccc3)CC2)ccc1O. The summed E-state index contributed by atoms with van der Waals surface area (Å²) >= 11 is 0. The molecule has 5 nitrogen and oxygen atoms in total. The third kappa shape index (κ3) is 5.86. The average Bonchev–Trinajstić information content (AvgIpc) is 2.73. The number of piperidine rings is 1. The standard InChI is InChI=1S/C23H27NO4/c1-27-22-15-18(7-9-21(22)25)8-10-23(26)28-17-20-11-13-24(14-12-20)16-19-5-3-2-4-6-19/h2-10,15,20,25H,11-14,16-17H2,1H3. The summed E-state index contributed by atoms with van der Waals surface area (Å²) in [6.45, 7) is 3.49. The van der Waals surface area contributed by atoms with E-state index in [0.717, 1.165) is 38.0 Å². The molecule has 2 aromatic rings. The van der Waals surface area contributed by atoms with Gasteiger partial charge in [0.1, 0.15) is 0 Å². The zero-order chi connectivity index (χ0) is 19.8. The van der Waals surface area contributed by atoms with Gasteiger partial charge in [0.05, 0.1) is 13.7 Å². The smallest absolute Gasteiger partial charge is 0.330 e. The molecule has 1 heterocycles. The van der Waals surface area contributed by atoms with Crippen molar-refractivity contribution >= 4 is 12.0 Å². The van der Waals surface area contributed by atoms with Crippen LogP contribution in [0.4, 0.5) is 0 Å². The molecule has 3 rings (SSSR count). The Labute approximate surface area is 166 Å². The van der Waals surface area contributed by atoms with Crippen molar-refractivity contribution in [1.29, 1.82) is 0 Å². The summed E-state index contributed by atoms with van der Waals surface area (Å²) in [7, 11) is 1.49. The van der Waals surface area contributed by atoms with Gasteiger partial charge in [-0.1, -0.05) is 36.4 Å². The average molecular weight is 381 g/mol. The molecule has 0 unspecified atom stereocenters. The van der Waals surface area contributed by atoms with E-state index in [-0.39, 0.29) is 11.7 Å². The van der Waals surface area contributed by atoms with E-state index in [4.69, 9.17) is 9.47 Å². The number of hydrogen-bond donors (Lipinski definition) is 1. The zero-order valence-corrected chi connectivity index (χ0v) is 16.2. The number of nitrogens with zero attached hydrogens (tertiary/aromatic N) is 1. The number of likely N-dealkylation sites (tertiary alicyclic amines) is 1. The second-order valence-electron chi connectivity index (χ2n) is 7.10. The van der Waals surface area contributed by atoms with Crippen molar-refractivity contribution in [2.45, 2.75) is 19.4 Å². The molecule has 5 heteroatoms. The predicted octanol–water partition coefficient (Wildman–Crippen LogP) is 3.87. The van der Waals surface area contributed by atoms with Crippen LogP contribution in [-0.2, 0) is 16.1 Å². The Kier molecular flexibility index (Phi) is 7.09. The molecule has 1 saturated heterocycles. The van der Waals surface area contributed by atoms with Gasteiger partial charge >= 0.3 is 5.97 Å². The van der Waals surface area contributed by atoms with Gasteiger partial charge in [0.25, 0.3) is 0 Å². The first-order chi connectivity index (χ1) is 13.6. The maximum absolute atomic E-state index is 12.0. The number of benzene rings is 2. The first-order valence-electron chi connectivity index (χ1n) is 9.62. The maximum atomic E-state index is 12.0. The van der Waals surface area contributed by atoms with Gasteiger partial charge in [0.2, 0.25) is 0 Å². The fraction of sp³-hybridized carbons (Fsp3) is 0.348. The lowest BCUT2D eigenvalue weighted by Gasteiger charge is -2.31. The Balaban J connectivity index is 1.39. The fourth-order valence-electron chi connectivity index (χ4n) is 3.36. The minimum Gasteiger partial charge on any atom is -0.504 e. The second-order valence-corrected chi connectivity index (χ2v) is 7.10. The number of aromatic hydroxyl groups is 1. The third-order valence-corrected chi connectivity index (χ3v) is 5.03. The van der Waals surface area contributed by atoms with Crippen LogP contribution in [0.5, 0.6) is 11.5 Å². The van der Waals surface area contributed by atoms with Gasteiger partial charge in [-0.3, -0.25) is 4.90 Å². The quantitative estimate of drug-likeness (QED) is 0.583. The largest absolute Gasteiger partial charge is 0.504 e. The van der Waals surface area contributed by atoms with Gasteiger partial charge < -0.3 is 14.6 Å². The third-order valence-electron chi connectivity index (χ3n) is 5.03. The van der Waals surface area contributed by atoms with Crippen LogP contribution in [-0.4, -0.2) is 42.8 Å². The molecule has 28 heavy (non-hydrogen) atoms. The molecule has 0 amide bonds. The molecule has 0 spiro atoms. The molecular weight excluding hydrogens is 354 g/mol. The molecule has 1 N–H and O–H groups in total. The molecular formula is C23H27NO4. The molecule has 0 radical (unpaired) electrons. The molecule has 1 aliphatic rings. The maximum Gasteiger partial charge on any atom is 0.330 e. The van der Waals surface area contributed by atoms with E-state index in [9.17, 15) is 9.90 Å². The van der Waals surface area contributed by atoms with Crippen LogP contribution in [0, 0.1) is 5.92 Å². The molecule has 0 aliphatic carbocycles. The molecule has 0 saturated carbocycles. The van der Waals surface area contributed by atoms with Gasteiger partial charge in [0, 0.05) is 12.6 Å². The molecule has 1 fully saturated rings. The number of carbonyl (C=O) groups is 1. The number of ether oxygens (including phenoxy) is 2. The number of carbonyl (C=O) groups excluding carboxylic acids is 1. The van der Waals surface area contributed by atoms with Gasteiger partial charge in [-0.25, -0.2) is 4.79 Å². The number of phenols is 1. The highest BCUT2D eigenvalue weighted by Gasteiger charge is 2.20. The van der Waals surface area contributed by atoms with Crippen molar-refractivity contribution in [2.75, 3.05) is 26.8 Å². The molecule has 0 bridgehead atoms. The fourth-order valence-corrected chi connectivity index (χ4v) is 3.36. The minimum atomic E-state index is -0.348. The summed E-state index contributed by atoms with van der Waals surface area (Å²) in [6, 6.07) is 15.4. The van der Waals surface area contributed by atoms with E-state index in [1.807, 2.05) is 6.07 Å². The Morgan fingerprint density at radius 2 is 1.93 bits per heavy atom.